The zero-order valence-corrected chi connectivity index (χ0v) is 19.2. The van der Waals surface area contributed by atoms with Crippen molar-refractivity contribution < 1.29 is 9.53 Å². The van der Waals surface area contributed by atoms with Crippen molar-refractivity contribution in [3.8, 4) is 0 Å². The number of hydrogen-bond donors (Lipinski definition) is 0. The molecule has 6 rings (SSSR count). The molecular weight excluding hydrogens is 444 g/mol. The van der Waals surface area contributed by atoms with Gasteiger partial charge in [-0.2, -0.15) is 9.61 Å². The number of thioether (sulfide) groups is 1. The first-order valence-electron chi connectivity index (χ1n) is 10.4. The minimum absolute atomic E-state index is 0.0583. The Bertz CT molecular complexity index is 1490. The third-order valence-electron chi connectivity index (χ3n) is 6.13. The summed E-state index contributed by atoms with van der Waals surface area (Å²) in [7, 11) is 0. The van der Waals surface area contributed by atoms with E-state index >= 15 is 0 Å². The van der Waals surface area contributed by atoms with Crippen molar-refractivity contribution in [3.05, 3.63) is 52.7 Å². The van der Waals surface area contributed by atoms with E-state index in [9.17, 15) is 4.79 Å². The number of thiophene rings is 1. The van der Waals surface area contributed by atoms with E-state index in [2.05, 4.69) is 34.1 Å². The van der Waals surface area contributed by atoms with Gasteiger partial charge in [-0.3, -0.25) is 4.79 Å². The van der Waals surface area contributed by atoms with Gasteiger partial charge in [0, 0.05) is 16.9 Å². The summed E-state index contributed by atoms with van der Waals surface area (Å²) in [6, 6.07) is 9.32. The Hall–Kier alpha value is -2.82. The largest absolute Gasteiger partial charge is 0.369 e. The molecule has 1 unspecified atom stereocenters. The van der Waals surface area contributed by atoms with Crippen LogP contribution < -0.4 is 0 Å². The average Bonchev–Trinajstić information content (AvgIpc) is 3.54. The molecule has 0 amide bonds. The minimum Gasteiger partial charge on any atom is -0.369 e. The van der Waals surface area contributed by atoms with E-state index < -0.39 is 0 Å². The van der Waals surface area contributed by atoms with Gasteiger partial charge in [0.1, 0.15) is 11.2 Å². The van der Waals surface area contributed by atoms with Crippen LogP contribution in [0.3, 0.4) is 0 Å². The maximum absolute atomic E-state index is 12.7. The van der Waals surface area contributed by atoms with Crippen molar-refractivity contribution in [1.29, 1.82) is 0 Å². The molecular formula is C22H20N6O2S2. The number of carbonyl (C=O) groups is 1. The highest BCUT2D eigenvalue weighted by atomic mass is 32.2. The molecule has 162 valence electrons. The van der Waals surface area contributed by atoms with Crippen LogP contribution in [0.2, 0.25) is 0 Å². The van der Waals surface area contributed by atoms with Gasteiger partial charge in [0.2, 0.25) is 0 Å². The second-order valence-corrected chi connectivity index (χ2v) is 10.2. The molecule has 5 heterocycles. The Morgan fingerprint density at radius 2 is 2.12 bits per heavy atom. The minimum atomic E-state index is -0.195. The summed E-state index contributed by atoms with van der Waals surface area (Å²) in [5, 5.41) is 15.0. The summed E-state index contributed by atoms with van der Waals surface area (Å²) in [5.41, 5.74) is 2.56. The highest BCUT2D eigenvalue weighted by molar-refractivity contribution is 7.99. The maximum atomic E-state index is 12.7. The van der Waals surface area contributed by atoms with E-state index in [0.717, 1.165) is 28.7 Å². The number of hydrogen-bond acceptors (Lipinski definition) is 8. The van der Waals surface area contributed by atoms with Crippen LogP contribution in [0, 0.1) is 0 Å². The Balaban J connectivity index is 1.49. The van der Waals surface area contributed by atoms with Crippen molar-refractivity contribution in [1.82, 2.24) is 29.2 Å². The molecule has 0 bridgehead atoms. The molecule has 10 heteroatoms. The Labute approximate surface area is 191 Å². The molecule has 5 aromatic rings. The molecule has 0 spiro atoms. The number of carbonyl (C=O) groups excluding carboxylic acids is 1. The SMILES string of the molecule is CCC1(C)Cc2c(sc3c2c2ncnn2c2nnc(SCC(=O)c4ccccc4)n32)CO1. The van der Waals surface area contributed by atoms with Crippen LogP contribution in [-0.2, 0) is 17.8 Å². The quantitative estimate of drug-likeness (QED) is 0.284. The molecule has 1 aliphatic rings. The fourth-order valence-electron chi connectivity index (χ4n) is 4.15. The third-order valence-corrected chi connectivity index (χ3v) is 8.25. The van der Waals surface area contributed by atoms with Crippen molar-refractivity contribution >= 4 is 50.5 Å². The normalized spacial score (nSPS) is 18.6. The first-order chi connectivity index (χ1) is 15.6. The highest BCUT2D eigenvalue weighted by Crippen LogP contribution is 2.42. The third kappa shape index (κ3) is 2.97. The van der Waals surface area contributed by atoms with Gasteiger partial charge in [-0.1, -0.05) is 49.0 Å². The number of ketones is 1. The van der Waals surface area contributed by atoms with Crippen molar-refractivity contribution in [3.63, 3.8) is 0 Å². The lowest BCUT2D eigenvalue weighted by atomic mass is 9.90. The number of ether oxygens (including phenoxy) is 1. The molecule has 0 N–H and O–H groups in total. The topological polar surface area (TPSA) is 86.7 Å². The summed E-state index contributed by atoms with van der Waals surface area (Å²) < 4.78 is 9.94. The molecule has 0 saturated carbocycles. The zero-order valence-electron chi connectivity index (χ0n) is 17.6. The molecule has 0 fully saturated rings. The molecule has 0 saturated heterocycles. The van der Waals surface area contributed by atoms with Crippen LogP contribution in [0.5, 0.6) is 0 Å². The monoisotopic (exact) mass is 464 g/mol. The Morgan fingerprint density at radius 1 is 1.28 bits per heavy atom. The predicted octanol–water partition coefficient (Wildman–Crippen LogP) is 4.20. The molecule has 32 heavy (non-hydrogen) atoms. The summed E-state index contributed by atoms with van der Waals surface area (Å²) in [6.07, 6.45) is 3.31. The Kier molecular flexibility index (Phi) is 4.56. The van der Waals surface area contributed by atoms with Gasteiger partial charge in [0.05, 0.1) is 23.3 Å². The van der Waals surface area contributed by atoms with E-state index in [1.54, 1.807) is 22.2 Å². The van der Waals surface area contributed by atoms with Gasteiger partial charge in [-0.15, -0.1) is 21.5 Å². The van der Waals surface area contributed by atoms with Crippen molar-refractivity contribution in [2.24, 2.45) is 0 Å². The van der Waals surface area contributed by atoms with Crippen LogP contribution in [0.1, 0.15) is 41.1 Å². The molecule has 4 aromatic heterocycles. The molecule has 1 aliphatic heterocycles. The van der Waals surface area contributed by atoms with Crippen LogP contribution in [0.4, 0.5) is 0 Å². The van der Waals surface area contributed by atoms with E-state index in [1.165, 1.54) is 22.2 Å². The summed E-state index contributed by atoms with van der Waals surface area (Å²) in [5.74, 6) is 0.935. The maximum Gasteiger partial charge on any atom is 0.260 e. The molecule has 0 radical (unpaired) electrons. The molecule has 8 nitrogen and oxygen atoms in total. The summed E-state index contributed by atoms with van der Waals surface area (Å²) in [6.45, 7) is 4.90. The Morgan fingerprint density at radius 3 is 2.94 bits per heavy atom. The number of fused-ring (bicyclic) bond motifs is 8. The van der Waals surface area contributed by atoms with E-state index in [1.807, 2.05) is 34.7 Å². The second kappa shape index (κ2) is 7.36. The lowest BCUT2D eigenvalue weighted by molar-refractivity contribution is -0.0542. The fraction of sp³-hybridized carbons (Fsp3) is 0.318. The van der Waals surface area contributed by atoms with Crippen LogP contribution >= 0.6 is 23.1 Å². The zero-order chi connectivity index (χ0) is 21.9. The van der Waals surface area contributed by atoms with Crippen LogP contribution in [0.15, 0.2) is 41.8 Å². The number of aromatic nitrogens is 6. The molecule has 0 aliphatic carbocycles. The number of benzene rings is 1. The smallest absolute Gasteiger partial charge is 0.260 e. The second-order valence-electron chi connectivity index (χ2n) is 8.14. The van der Waals surface area contributed by atoms with Gasteiger partial charge in [-0.05, 0) is 18.9 Å². The fourth-order valence-corrected chi connectivity index (χ4v) is 6.26. The van der Waals surface area contributed by atoms with Crippen LogP contribution in [0.25, 0.3) is 21.6 Å². The average molecular weight is 465 g/mol. The van der Waals surface area contributed by atoms with Crippen molar-refractivity contribution in [2.75, 3.05) is 5.75 Å². The van der Waals surface area contributed by atoms with Gasteiger partial charge in [-0.25, -0.2) is 9.38 Å². The molecule has 1 aromatic carbocycles. The standard InChI is InChI=1S/C22H20N6O2S2/c1-3-22(2)9-14-16(10-30-22)32-19-17(14)18-23-12-24-28(18)20-25-26-21(27(19)20)31-11-15(29)13-7-5-4-6-8-13/h4-8,12H,3,9-11H2,1-2H3. The van der Waals surface area contributed by atoms with Crippen molar-refractivity contribution in [2.45, 2.75) is 44.1 Å². The van der Waals surface area contributed by atoms with E-state index in [0.29, 0.717) is 23.1 Å². The van der Waals surface area contributed by atoms with E-state index in [-0.39, 0.29) is 17.1 Å². The van der Waals surface area contributed by atoms with Gasteiger partial charge >= 0.3 is 0 Å². The number of nitrogens with zero attached hydrogens (tertiary/aromatic N) is 6. The highest BCUT2D eigenvalue weighted by Gasteiger charge is 2.34. The summed E-state index contributed by atoms with van der Waals surface area (Å²) in [4.78, 5) is 19.4. The number of Topliss-reactive ketones (excluding diaryl/α,β-unsaturated/α-hetero) is 1. The summed E-state index contributed by atoms with van der Waals surface area (Å²) >= 11 is 3.08. The van der Waals surface area contributed by atoms with Gasteiger partial charge in [0.15, 0.2) is 16.6 Å². The number of rotatable bonds is 5. The predicted molar refractivity (Wildman–Crippen MR) is 124 cm³/mol. The van der Waals surface area contributed by atoms with Gasteiger partial charge in [0.25, 0.3) is 5.78 Å². The van der Waals surface area contributed by atoms with E-state index in [4.69, 9.17) is 4.74 Å². The lowest BCUT2D eigenvalue weighted by Gasteiger charge is -2.32. The lowest BCUT2D eigenvalue weighted by Crippen LogP contribution is -2.33. The first kappa shape index (κ1) is 19.8. The van der Waals surface area contributed by atoms with Gasteiger partial charge < -0.3 is 4.74 Å². The first-order valence-corrected chi connectivity index (χ1v) is 12.2. The van der Waals surface area contributed by atoms with Crippen LogP contribution in [-0.4, -0.2) is 46.3 Å². The molecule has 1 atom stereocenters.